The van der Waals surface area contributed by atoms with Crippen LogP contribution in [0.2, 0.25) is 0 Å². The maximum Gasteiger partial charge on any atom is 0.254 e. The molecule has 5 aromatic carbocycles. The summed E-state index contributed by atoms with van der Waals surface area (Å²) in [4.78, 5) is 33.8. The Bertz CT molecular complexity index is 2760. The molecule has 0 spiro atoms. The first-order chi connectivity index (χ1) is 34.2. The summed E-state index contributed by atoms with van der Waals surface area (Å²) < 4.78 is 41.7. The Morgan fingerprint density at radius 2 is 1.17 bits per heavy atom. The fraction of sp³-hybridized carbons (Fsp3) is 0.358. The van der Waals surface area contributed by atoms with Crippen molar-refractivity contribution in [3.05, 3.63) is 142 Å². The van der Waals surface area contributed by atoms with E-state index < -0.39 is 9.84 Å². The molecular formula is C53H66N8O9S. The Labute approximate surface area is 417 Å². The minimum atomic E-state index is -3.44. The van der Waals surface area contributed by atoms with Crippen molar-refractivity contribution in [2.75, 3.05) is 86.8 Å². The standard InChI is InChI=1S/C29H34N4O5S.C24H32N4O4/c1-22-16-27(34)26(28(17-22)38-2)18-30-31-29(35)20-33-14-12-32(13-15-33)19-23-8-6-7-9-24(23)21-39(36,37)25-10-4-3-5-11-25;1-17-12-19(13-22(32-4)18(17)2)15-27-8-10-28(11-9-27)16-23(29)26-25-14-20-6-5-7-21(31-3)24(20)30/h3-11,16-18,34H,12-15,19-21H2,1-2H3,(H,31,35);5-7,12-14,30H,8-11,15-16H2,1-4H3,(H,26,29)/b30-18+;25-14+. The van der Waals surface area contributed by atoms with Crippen molar-refractivity contribution in [1.82, 2.24) is 30.5 Å². The number of carbonyl (C=O) groups is 2. The third-order valence-corrected chi connectivity index (χ3v) is 14.1. The number of hydrazone groups is 2. The van der Waals surface area contributed by atoms with E-state index in [1.54, 1.807) is 67.8 Å². The van der Waals surface area contributed by atoms with E-state index in [2.05, 4.69) is 66.6 Å². The first kappa shape index (κ1) is 53.5. The summed E-state index contributed by atoms with van der Waals surface area (Å²) in [7, 11) is 1.26. The average Bonchev–Trinajstić information content (AvgIpc) is 3.36. The van der Waals surface area contributed by atoms with Gasteiger partial charge in [-0.3, -0.25) is 29.2 Å². The first-order valence-electron chi connectivity index (χ1n) is 23.4. The molecule has 2 amide bonds. The van der Waals surface area contributed by atoms with Gasteiger partial charge in [0.2, 0.25) is 0 Å². The van der Waals surface area contributed by atoms with Crippen LogP contribution in [0, 0.1) is 20.8 Å². The number of piperazine rings is 2. The molecule has 4 N–H and O–H groups in total. The van der Waals surface area contributed by atoms with Gasteiger partial charge in [-0.15, -0.1) is 0 Å². The second-order valence-corrected chi connectivity index (χ2v) is 19.6. The Balaban J connectivity index is 0.000000237. The van der Waals surface area contributed by atoms with Crippen molar-refractivity contribution < 1.29 is 42.4 Å². The van der Waals surface area contributed by atoms with Crippen molar-refractivity contribution in [2.45, 2.75) is 44.5 Å². The molecule has 2 saturated heterocycles. The molecule has 18 heteroatoms. The Morgan fingerprint density at radius 1 is 0.620 bits per heavy atom. The highest BCUT2D eigenvalue weighted by atomic mass is 32.2. The Hall–Kier alpha value is -6.83. The smallest absolute Gasteiger partial charge is 0.254 e. The number of phenols is 2. The van der Waals surface area contributed by atoms with Crippen LogP contribution in [-0.4, -0.2) is 149 Å². The van der Waals surface area contributed by atoms with E-state index in [4.69, 9.17) is 14.2 Å². The number of aryl methyl sites for hydroxylation is 2. The topological polar surface area (TPSA) is 198 Å². The molecule has 0 radical (unpaired) electrons. The van der Waals surface area contributed by atoms with Gasteiger partial charge < -0.3 is 24.4 Å². The van der Waals surface area contributed by atoms with Crippen molar-refractivity contribution in [1.29, 1.82) is 0 Å². The van der Waals surface area contributed by atoms with Gasteiger partial charge in [0, 0.05) is 71.0 Å². The van der Waals surface area contributed by atoms with E-state index in [9.17, 15) is 28.2 Å². The molecule has 2 fully saturated rings. The largest absolute Gasteiger partial charge is 0.507 e. The Morgan fingerprint density at radius 3 is 1.77 bits per heavy atom. The van der Waals surface area contributed by atoms with Gasteiger partial charge in [-0.25, -0.2) is 19.3 Å². The number of nitrogens with zero attached hydrogens (tertiary/aromatic N) is 6. The Kier molecular flexibility index (Phi) is 19.5. The van der Waals surface area contributed by atoms with Gasteiger partial charge in [-0.1, -0.05) is 54.6 Å². The van der Waals surface area contributed by atoms with Crippen molar-refractivity contribution >= 4 is 34.1 Å². The van der Waals surface area contributed by atoms with Gasteiger partial charge >= 0.3 is 0 Å². The maximum atomic E-state index is 12.9. The van der Waals surface area contributed by atoms with Gasteiger partial charge in [-0.05, 0) is 96.6 Å². The highest BCUT2D eigenvalue weighted by Gasteiger charge is 2.23. The highest BCUT2D eigenvalue weighted by Crippen LogP contribution is 2.29. The summed E-state index contributed by atoms with van der Waals surface area (Å²) in [5.41, 5.74) is 12.2. The van der Waals surface area contributed by atoms with Crippen LogP contribution in [0.25, 0.3) is 0 Å². The molecule has 2 aliphatic heterocycles. The van der Waals surface area contributed by atoms with Crippen LogP contribution in [-0.2, 0) is 38.3 Å². The van der Waals surface area contributed by atoms with Crippen molar-refractivity contribution in [3.8, 4) is 28.7 Å². The summed E-state index contributed by atoms with van der Waals surface area (Å²) in [5, 5.41) is 28.2. The number of ether oxygens (including phenoxy) is 3. The minimum Gasteiger partial charge on any atom is -0.507 e. The van der Waals surface area contributed by atoms with E-state index >= 15 is 0 Å². The normalized spacial score (nSPS) is 15.0. The highest BCUT2D eigenvalue weighted by molar-refractivity contribution is 7.90. The van der Waals surface area contributed by atoms with E-state index in [1.807, 2.05) is 31.2 Å². The zero-order chi connectivity index (χ0) is 50.9. The number of methoxy groups -OCH3 is 3. The number of para-hydroxylation sites is 1. The molecule has 0 atom stereocenters. The lowest BCUT2D eigenvalue weighted by atomic mass is 10.0. The van der Waals surface area contributed by atoms with E-state index in [-0.39, 0.29) is 42.2 Å². The van der Waals surface area contributed by atoms with Gasteiger partial charge in [-0.2, -0.15) is 10.2 Å². The predicted molar refractivity (Wildman–Crippen MR) is 275 cm³/mol. The number of hydrogen-bond acceptors (Lipinski definition) is 15. The van der Waals surface area contributed by atoms with E-state index in [0.717, 1.165) is 68.3 Å². The van der Waals surface area contributed by atoms with Gasteiger partial charge in [0.15, 0.2) is 21.3 Å². The molecule has 0 aliphatic carbocycles. The first-order valence-corrected chi connectivity index (χ1v) is 25.1. The number of benzene rings is 5. The minimum absolute atomic E-state index is 0.00879. The molecule has 71 heavy (non-hydrogen) atoms. The quantitative estimate of drug-likeness (QED) is 0.0658. The van der Waals surface area contributed by atoms with Crippen LogP contribution in [0.4, 0.5) is 0 Å². The third-order valence-electron chi connectivity index (χ3n) is 12.4. The lowest BCUT2D eigenvalue weighted by molar-refractivity contribution is -0.123. The van der Waals surface area contributed by atoms with E-state index in [1.165, 1.54) is 43.3 Å². The lowest BCUT2D eigenvalue weighted by Crippen LogP contribution is -2.48. The van der Waals surface area contributed by atoms with Crippen LogP contribution in [0.3, 0.4) is 0 Å². The maximum absolute atomic E-state index is 12.9. The van der Waals surface area contributed by atoms with Crippen LogP contribution in [0.5, 0.6) is 28.7 Å². The van der Waals surface area contributed by atoms with E-state index in [0.29, 0.717) is 47.2 Å². The summed E-state index contributed by atoms with van der Waals surface area (Å²) in [5.74, 6) is 1.31. The number of amides is 2. The van der Waals surface area contributed by atoms with Crippen LogP contribution < -0.4 is 25.1 Å². The van der Waals surface area contributed by atoms with Crippen LogP contribution >= 0.6 is 0 Å². The number of carbonyl (C=O) groups excluding carboxylic acids is 2. The molecule has 17 nitrogen and oxygen atoms in total. The second-order valence-electron chi connectivity index (χ2n) is 17.6. The van der Waals surface area contributed by atoms with Gasteiger partial charge in [0.1, 0.15) is 17.2 Å². The zero-order valence-electron chi connectivity index (χ0n) is 41.4. The number of phenolic OH excluding ortho intramolecular Hbond substituents is 2. The van der Waals surface area contributed by atoms with Gasteiger partial charge in [0.25, 0.3) is 11.8 Å². The van der Waals surface area contributed by atoms with Crippen molar-refractivity contribution in [2.24, 2.45) is 10.2 Å². The molecule has 0 saturated carbocycles. The zero-order valence-corrected chi connectivity index (χ0v) is 42.2. The summed E-state index contributed by atoms with van der Waals surface area (Å²) in [6, 6.07) is 29.0. The molecule has 0 aromatic heterocycles. The molecule has 378 valence electrons. The van der Waals surface area contributed by atoms with Crippen LogP contribution in [0.15, 0.2) is 112 Å². The SMILES string of the molecule is COc1cc(C)cc(O)c1/C=N/NC(=O)CN1CCN(Cc2ccccc2CS(=O)(=O)c2ccccc2)CC1.COc1cc(CN2CCN(CC(=O)N/N=C/c3cccc(OC)c3O)CC2)cc(C)c1C. The summed E-state index contributed by atoms with van der Waals surface area (Å²) in [6.07, 6.45) is 2.78. The van der Waals surface area contributed by atoms with Gasteiger partial charge in [0.05, 0.1) is 63.1 Å². The number of hydrogen-bond donors (Lipinski definition) is 4. The number of rotatable bonds is 18. The van der Waals surface area contributed by atoms with Crippen LogP contribution in [0.1, 0.15) is 44.5 Å². The summed E-state index contributed by atoms with van der Waals surface area (Å²) in [6.45, 7) is 14.4. The molecule has 2 heterocycles. The molecule has 5 aromatic rings. The fourth-order valence-electron chi connectivity index (χ4n) is 8.35. The molecule has 2 aliphatic rings. The molecule has 0 bridgehead atoms. The molecule has 7 rings (SSSR count). The number of nitrogens with one attached hydrogen (secondary N) is 2. The number of sulfone groups is 1. The molecule has 0 unspecified atom stereocenters. The second kappa shape index (κ2) is 25.9. The fourth-order valence-corrected chi connectivity index (χ4v) is 9.78. The summed E-state index contributed by atoms with van der Waals surface area (Å²) >= 11 is 0. The average molecular weight is 991 g/mol. The number of aromatic hydroxyl groups is 2. The third kappa shape index (κ3) is 15.6. The molecular weight excluding hydrogens is 925 g/mol. The monoisotopic (exact) mass is 990 g/mol. The van der Waals surface area contributed by atoms with Crippen molar-refractivity contribution in [3.63, 3.8) is 0 Å². The predicted octanol–water partition coefficient (Wildman–Crippen LogP) is 5.25. The lowest BCUT2D eigenvalue weighted by Gasteiger charge is -2.34.